The first-order chi connectivity index (χ1) is 14.6. The fraction of sp³-hybridized carbons (Fsp3) is 0.304. The molecule has 0 fully saturated rings. The van der Waals surface area contributed by atoms with Crippen molar-refractivity contribution in [2.24, 2.45) is 5.92 Å². The zero-order chi connectivity index (χ0) is 22.9. The van der Waals surface area contributed by atoms with E-state index in [-0.39, 0.29) is 46.1 Å². The van der Waals surface area contributed by atoms with Gasteiger partial charge in [0, 0.05) is 16.7 Å². The van der Waals surface area contributed by atoms with Crippen molar-refractivity contribution in [3.63, 3.8) is 0 Å². The topological polar surface area (TPSA) is 130 Å². The third-order valence-corrected chi connectivity index (χ3v) is 4.95. The largest absolute Gasteiger partial charge is 0.507 e. The molecular formula is C23H23NO7. The molecule has 8 heteroatoms. The third kappa shape index (κ3) is 4.14. The monoisotopic (exact) mass is 425 g/mol. The SMILES string of the molecule is CCOC(=O)[C@H](CC(C)C)NC(=O)c1cc(O)c2c(c1)C(=O)c1cccc(O)c1C2=O. The third-order valence-electron chi connectivity index (χ3n) is 4.95. The summed E-state index contributed by atoms with van der Waals surface area (Å²) in [4.78, 5) is 50.7. The van der Waals surface area contributed by atoms with Crippen LogP contribution in [0.1, 0.15) is 69.4 Å². The molecule has 0 unspecified atom stereocenters. The number of aromatic hydroxyl groups is 2. The van der Waals surface area contributed by atoms with Crippen LogP contribution in [0, 0.1) is 5.92 Å². The number of carbonyl (C=O) groups is 4. The van der Waals surface area contributed by atoms with Gasteiger partial charge in [0.05, 0.1) is 17.7 Å². The highest BCUT2D eigenvalue weighted by molar-refractivity contribution is 6.30. The molecule has 1 aliphatic rings. The van der Waals surface area contributed by atoms with E-state index in [4.69, 9.17) is 4.74 Å². The van der Waals surface area contributed by atoms with Crippen LogP contribution in [-0.4, -0.2) is 46.3 Å². The molecule has 0 radical (unpaired) electrons. The number of phenolic OH excluding ortho intramolecular Hbond substituents is 2. The van der Waals surface area contributed by atoms with Gasteiger partial charge in [-0.25, -0.2) is 4.79 Å². The first kappa shape index (κ1) is 22.0. The van der Waals surface area contributed by atoms with Crippen LogP contribution in [-0.2, 0) is 9.53 Å². The summed E-state index contributed by atoms with van der Waals surface area (Å²) < 4.78 is 5.01. The van der Waals surface area contributed by atoms with Gasteiger partial charge in [-0.2, -0.15) is 0 Å². The van der Waals surface area contributed by atoms with Crippen molar-refractivity contribution in [3.8, 4) is 11.5 Å². The van der Waals surface area contributed by atoms with Crippen LogP contribution in [0.15, 0.2) is 30.3 Å². The Kier molecular flexibility index (Phi) is 6.10. The Bertz CT molecular complexity index is 1090. The molecule has 1 aliphatic carbocycles. The maximum absolute atomic E-state index is 12.9. The summed E-state index contributed by atoms with van der Waals surface area (Å²) in [5, 5.41) is 23.0. The molecule has 2 aromatic rings. The lowest BCUT2D eigenvalue weighted by molar-refractivity contribution is -0.145. The van der Waals surface area contributed by atoms with Gasteiger partial charge >= 0.3 is 5.97 Å². The maximum Gasteiger partial charge on any atom is 0.328 e. The Hall–Kier alpha value is -3.68. The number of ketones is 2. The number of phenols is 2. The Morgan fingerprint density at radius 3 is 2.32 bits per heavy atom. The van der Waals surface area contributed by atoms with Crippen LogP contribution in [0.5, 0.6) is 11.5 Å². The molecule has 3 rings (SSSR count). The fourth-order valence-electron chi connectivity index (χ4n) is 3.58. The first-order valence-corrected chi connectivity index (χ1v) is 9.91. The maximum atomic E-state index is 12.9. The van der Waals surface area contributed by atoms with Crippen molar-refractivity contribution < 1.29 is 34.1 Å². The van der Waals surface area contributed by atoms with Crippen molar-refractivity contribution >= 4 is 23.4 Å². The highest BCUT2D eigenvalue weighted by Crippen LogP contribution is 2.37. The van der Waals surface area contributed by atoms with Crippen LogP contribution in [0.3, 0.4) is 0 Å². The second-order valence-electron chi connectivity index (χ2n) is 7.68. The van der Waals surface area contributed by atoms with E-state index >= 15 is 0 Å². The average molecular weight is 425 g/mol. The minimum atomic E-state index is -0.902. The second-order valence-corrected chi connectivity index (χ2v) is 7.68. The van der Waals surface area contributed by atoms with Gasteiger partial charge in [0.1, 0.15) is 17.5 Å². The lowest BCUT2D eigenvalue weighted by Gasteiger charge is -2.21. The Balaban J connectivity index is 1.98. The van der Waals surface area contributed by atoms with E-state index in [1.807, 2.05) is 13.8 Å². The molecule has 162 valence electrons. The summed E-state index contributed by atoms with van der Waals surface area (Å²) >= 11 is 0. The van der Waals surface area contributed by atoms with Gasteiger partial charge < -0.3 is 20.3 Å². The number of benzene rings is 2. The molecule has 0 saturated heterocycles. The second kappa shape index (κ2) is 8.59. The first-order valence-electron chi connectivity index (χ1n) is 9.91. The Morgan fingerprint density at radius 2 is 1.68 bits per heavy atom. The van der Waals surface area contributed by atoms with E-state index in [1.165, 1.54) is 24.3 Å². The average Bonchev–Trinajstić information content (AvgIpc) is 2.70. The number of esters is 1. The molecule has 0 bridgehead atoms. The van der Waals surface area contributed by atoms with Gasteiger partial charge in [0.2, 0.25) is 5.78 Å². The van der Waals surface area contributed by atoms with E-state index in [0.717, 1.165) is 6.07 Å². The molecule has 0 spiro atoms. The summed E-state index contributed by atoms with van der Waals surface area (Å²) in [5.74, 6) is -3.43. The van der Waals surface area contributed by atoms with Gasteiger partial charge in [0.15, 0.2) is 5.78 Å². The summed E-state index contributed by atoms with van der Waals surface area (Å²) in [5.41, 5.74) is -0.714. The van der Waals surface area contributed by atoms with E-state index in [2.05, 4.69) is 5.32 Å². The summed E-state index contributed by atoms with van der Waals surface area (Å²) in [6, 6.07) is 5.45. The lowest BCUT2D eigenvalue weighted by atomic mass is 9.82. The molecule has 0 saturated carbocycles. The number of rotatable bonds is 6. The summed E-state index contributed by atoms with van der Waals surface area (Å²) in [7, 11) is 0. The fourth-order valence-corrected chi connectivity index (χ4v) is 3.58. The standard InChI is InChI=1S/C23H23NO7/c1-4-31-23(30)15(8-11(2)3)24-22(29)12-9-14-19(17(26)10-12)21(28)18-13(20(14)27)6-5-7-16(18)25/h5-7,9-11,15,25-26H,4,8H2,1-3H3,(H,24,29)/t15-/m0/s1. The van der Waals surface area contributed by atoms with Crippen molar-refractivity contribution in [2.75, 3.05) is 6.61 Å². The normalized spacial score (nSPS) is 13.4. The molecular weight excluding hydrogens is 402 g/mol. The van der Waals surface area contributed by atoms with Crippen molar-refractivity contribution in [2.45, 2.75) is 33.2 Å². The molecule has 0 heterocycles. The molecule has 1 atom stereocenters. The number of ether oxygens (including phenoxy) is 1. The molecule has 0 aromatic heterocycles. The number of fused-ring (bicyclic) bond motifs is 2. The van der Waals surface area contributed by atoms with Gasteiger partial charge in [-0.05, 0) is 37.5 Å². The zero-order valence-electron chi connectivity index (χ0n) is 17.4. The summed E-state index contributed by atoms with van der Waals surface area (Å²) in [6.45, 7) is 5.60. The van der Waals surface area contributed by atoms with E-state index in [0.29, 0.717) is 6.42 Å². The number of carbonyl (C=O) groups excluding carboxylic acids is 4. The molecule has 3 N–H and O–H groups in total. The van der Waals surface area contributed by atoms with Crippen molar-refractivity contribution in [3.05, 3.63) is 58.1 Å². The highest BCUT2D eigenvalue weighted by atomic mass is 16.5. The number of hydrogen-bond donors (Lipinski definition) is 3. The lowest BCUT2D eigenvalue weighted by Crippen LogP contribution is -2.42. The van der Waals surface area contributed by atoms with Crippen LogP contribution in [0.2, 0.25) is 0 Å². The number of nitrogens with one attached hydrogen (secondary N) is 1. The number of hydrogen-bond acceptors (Lipinski definition) is 7. The predicted octanol–water partition coefficient (Wildman–Crippen LogP) is 2.58. The van der Waals surface area contributed by atoms with Gasteiger partial charge in [-0.1, -0.05) is 26.0 Å². The van der Waals surface area contributed by atoms with Crippen molar-refractivity contribution in [1.29, 1.82) is 0 Å². The molecule has 2 aromatic carbocycles. The van der Waals surface area contributed by atoms with Gasteiger partial charge in [0.25, 0.3) is 5.91 Å². The van der Waals surface area contributed by atoms with Crippen LogP contribution >= 0.6 is 0 Å². The van der Waals surface area contributed by atoms with Gasteiger partial charge in [-0.3, -0.25) is 14.4 Å². The number of amides is 1. The molecule has 0 aliphatic heterocycles. The Morgan fingerprint density at radius 1 is 1.00 bits per heavy atom. The van der Waals surface area contributed by atoms with Crippen LogP contribution in [0.4, 0.5) is 0 Å². The van der Waals surface area contributed by atoms with Crippen molar-refractivity contribution in [1.82, 2.24) is 5.32 Å². The van der Waals surface area contributed by atoms with E-state index in [1.54, 1.807) is 6.92 Å². The molecule has 8 nitrogen and oxygen atoms in total. The minimum Gasteiger partial charge on any atom is -0.507 e. The zero-order valence-corrected chi connectivity index (χ0v) is 17.4. The quantitative estimate of drug-likeness (QED) is 0.518. The van der Waals surface area contributed by atoms with E-state index in [9.17, 15) is 29.4 Å². The van der Waals surface area contributed by atoms with Crippen LogP contribution < -0.4 is 5.32 Å². The minimum absolute atomic E-state index is 0.0151. The highest BCUT2D eigenvalue weighted by Gasteiger charge is 2.35. The predicted molar refractivity (Wildman–Crippen MR) is 110 cm³/mol. The Labute approximate surface area is 178 Å². The van der Waals surface area contributed by atoms with E-state index < -0.39 is 35.2 Å². The van der Waals surface area contributed by atoms with Crippen LogP contribution in [0.25, 0.3) is 0 Å². The van der Waals surface area contributed by atoms with Gasteiger partial charge in [-0.15, -0.1) is 0 Å². The molecule has 31 heavy (non-hydrogen) atoms. The molecule has 1 amide bonds. The smallest absolute Gasteiger partial charge is 0.328 e. The summed E-state index contributed by atoms with van der Waals surface area (Å²) in [6.07, 6.45) is 0.339.